The number of piperazine rings is 1. The van der Waals surface area contributed by atoms with Crippen molar-refractivity contribution < 1.29 is 27.6 Å². The minimum atomic E-state index is -4.68. The van der Waals surface area contributed by atoms with Gasteiger partial charge in [0.2, 0.25) is 0 Å². The van der Waals surface area contributed by atoms with Crippen molar-refractivity contribution in [3.8, 4) is 11.3 Å². The molecule has 0 atom stereocenters. The van der Waals surface area contributed by atoms with Gasteiger partial charge in [0.25, 0.3) is 11.8 Å². The number of amides is 4. The highest BCUT2D eigenvalue weighted by Gasteiger charge is 2.39. The van der Waals surface area contributed by atoms with Gasteiger partial charge in [-0.25, -0.2) is 9.78 Å². The van der Waals surface area contributed by atoms with Crippen molar-refractivity contribution in [1.29, 1.82) is 0 Å². The van der Waals surface area contributed by atoms with E-state index in [4.69, 9.17) is 17.3 Å². The molecule has 0 bridgehead atoms. The second-order valence-electron chi connectivity index (χ2n) is 11.9. The Kier molecular flexibility index (Phi) is 8.24. The Balaban J connectivity index is 1.09. The number of benzene rings is 1. The van der Waals surface area contributed by atoms with Crippen LogP contribution in [0.4, 0.5) is 23.7 Å². The number of nitrogens with zero attached hydrogens (tertiary/aromatic N) is 6. The van der Waals surface area contributed by atoms with Crippen molar-refractivity contribution in [2.75, 3.05) is 31.5 Å². The molecule has 3 aliphatic rings. The highest BCUT2D eigenvalue weighted by atomic mass is 35.5. The number of anilines is 1. The number of hydrogen-bond donors (Lipinski definition) is 3. The summed E-state index contributed by atoms with van der Waals surface area (Å²) in [5.74, 6) is -0.775. The highest BCUT2D eigenvalue weighted by molar-refractivity contribution is 6.34. The zero-order valence-corrected chi connectivity index (χ0v) is 25.2. The minimum Gasteiger partial charge on any atom is -0.335 e. The van der Waals surface area contributed by atoms with Crippen LogP contribution >= 0.6 is 11.6 Å². The van der Waals surface area contributed by atoms with Gasteiger partial charge in [-0.2, -0.15) is 18.3 Å². The van der Waals surface area contributed by atoms with Gasteiger partial charge in [-0.1, -0.05) is 11.6 Å². The Morgan fingerprint density at radius 2 is 1.78 bits per heavy atom. The molecule has 240 valence electrons. The van der Waals surface area contributed by atoms with E-state index < -0.39 is 17.8 Å². The molecule has 2 saturated carbocycles. The highest BCUT2D eigenvalue weighted by Crippen LogP contribution is 2.38. The summed E-state index contributed by atoms with van der Waals surface area (Å²) in [5.41, 5.74) is 5.19. The number of rotatable bonds is 7. The standard InChI is InChI=1S/C29H33ClF3N9O3/c1-39-23(21-15-42(14-16-2-3-16)38-24(21)29(31,32)33)13-35-25(39)26(43)36-18-4-5-20(22(30)12-18)27(44)40-6-8-41(9-7-40)28(45)37-19-10-17(34)11-19/h4-5,12-13,15-17,19H,2-3,6-11,14,34H2,1H3,(H,36,43)(H,37,45). The molecule has 12 nitrogen and oxygen atoms in total. The molecule has 2 aromatic heterocycles. The van der Waals surface area contributed by atoms with Crippen LogP contribution in [0, 0.1) is 5.92 Å². The van der Waals surface area contributed by atoms with Crippen LogP contribution in [-0.4, -0.2) is 85.2 Å². The van der Waals surface area contributed by atoms with Gasteiger partial charge < -0.3 is 30.7 Å². The summed E-state index contributed by atoms with van der Waals surface area (Å²) in [5, 5.41) is 9.49. The first-order chi connectivity index (χ1) is 21.4. The van der Waals surface area contributed by atoms with E-state index in [1.165, 1.54) is 46.9 Å². The summed E-state index contributed by atoms with van der Waals surface area (Å²) in [4.78, 5) is 46.1. The first kappa shape index (κ1) is 30.9. The number of alkyl halides is 3. The number of urea groups is 1. The number of nitrogens with two attached hydrogens (primary N) is 1. The lowest BCUT2D eigenvalue weighted by Crippen LogP contribution is -2.57. The quantitative estimate of drug-likeness (QED) is 0.358. The van der Waals surface area contributed by atoms with Crippen LogP contribution < -0.4 is 16.4 Å². The van der Waals surface area contributed by atoms with Crippen LogP contribution in [0.25, 0.3) is 11.3 Å². The van der Waals surface area contributed by atoms with Gasteiger partial charge >= 0.3 is 12.2 Å². The van der Waals surface area contributed by atoms with E-state index in [1.807, 2.05) is 0 Å². The Bertz CT molecular complexity index is 1620. The fraction of sp³-hybridized carbons (Fsp3) is 0.483. The Labute approximate surface area is 261 Å². The van der Waals surface area contributed by atoms with Gasteiger partial charge in [-0.05, 0) is 49.8 Å². The fourth-order valence-corrected chi connectivity index (χ4v) is 5.89. The normalized spacial score (nSPS) is 20.1. The second-order valence-corrected chi connectivity index (χ2v) is 12.3. The van der Waals surface area contributed by atoms with Gasteiger partial charge in [-0.15, -0.1) is 0 Å². The topological polar surface area (TPSA) is 143 Å². The molecule has 3 heterocycles. The Hall–Kier alpha value is -4.11. The molecule has 0 radical (unpaired) electrons. The summed E-state index contributed by atoms with van der Waals surface area (Å²) in [6.07, 6.45) is 1.31. The lowest BCUT2D eigenvalue weighted by molar-refractivity contribution is -0.141. The van der Waals surface area contributed by atoms with E-state index in [0.29, 0.717) is 38.6 Å². The predicted molar refractivity (Wildman–Crippen MR) is 159 cm³/mol. The minimum absolute atomic E-state index is 0.0911. The third kappa shape index (κ3) is 6.64. The monoisotopic (exact) mass is 647 g/mol. The van der Waals surface area contributed by atoms with Crippen LogP contribution in [0.15, 0.2) is 30.6 Å². The molecule has 16 heteroatoms. The summed E-state index contributed by atoms with van der Waals surface area (Å²) < 4.78 is 44.0. The molecule has 3 fully saturated rings. The van der Waals surface area contributed by atoms with Crippen molar-refractivity contribution in [3.05, 3.63) is 52.7 Å². The zero-order chi connectivity index (χ0) is 32.0. The molecule has 45 heavy (non-hydrogen) atoms. The van der Waals surface area contributed by atoms with Crippen molar-refractivity contribution in [2.45, 2.75) is 50.5 Å². The Morgan fingerprint density at radius 3 is 2.40 bits per heavy atom. The smallest absolute Gasteiger partial charge is 0.335 e. The molecule has 1 aliphatic heterocycles. The SMILES string of the molecule is Cn1c(-c2cn(CC3CC3)nc2C(F)(F)F)cnc1C(=O)Nc1ccc(C(=O)N2CCN(C(=O)NC3CC(N)C3)CC2)c(Cl)c1. The van der Waals surface area contributed by atoms with Gasteiger partial charge in [0, 0.05) is 63.7 Å². The van der Waals surface area contributed by atoms with E-state index in [-0.39, 0.29) is 57.4 Å². The van der Waals surface area contributed by atoms with E-state index in [9.17, 15) is 27.6 Å². The summed E-state index contributed by atoms with van der Waals surface area (Å²) in [7, 11) is 1.45. The predicted octanol–water partition coefficient (Wildman–Crippen LogP) is 3.58. The molecule has 3 aromatic rings. The van der Waals surface area contributed by atoms with Crippen LogP contribution in [0.3, 0.4) is 0 Å². The van der Waals surface area contributed by atoms with Crippen molar-refractivity contribution in [3.63, 3.8) is 0 Å². The fourth-order valence-electron chi connectivity index (χ4n) is 5.63. The maximum absolute atomic E-state index is 13.8. The first-order valence-corrected chi connectivity index (χ1v) is 15.1. The van der Waals surface area contributed by atoms with Crippen LogP contribution in [-0.2, 0) is 19.8 Å². The van der Waals surface area contributed by atoms with Crippen LogP contribution in [0.2, 0.25) is 5.02 Å². The molecule has 4 N–H and O–H groups in total. The van der Waals surface area contributed by atoms with Gasteiger partial charge in [-0.3, -0.25) is 14.3 Å². The lowest BCUT2D eigenvalue weighted by Gasteiger charge is -2.38. The maximum Gasteiger partial charge on any atom is 0.435 e. The number of hydrogen-bond acceptors (Lipinski definition) is 6. The van der Waals surface area contributed by atoms with Crippen molar-refractivity contribution >= 4 is 35.1 Å². The molecule has 0 unspecified atom stereocenters. The second kappa shape index (κ2) is 12.0. The third-order valence-corrected chi connectivity index (χ3v) is 8.77. The largest absolute Gasteiger partial charge is 0.435 e. The number of nitrogens with one attached hydrogen (secondary N) is 2. The zero-order valence-electron chi connectivity index (χ0n) is 24.5. The van der Waals surface area contributed by atoms with Gasteiger partial charge in [0.1, 0.15) is 0 Å². The Morgan fingerprint density at radius 1 is 1.09 bits per heavy atom. The first-order valence-electron chi connectivity index (χ1n) is 14.7. The molecular weight excluding hydrogens is 615 g/mol. The van der Waals surface area contributed by atoms with E-state index in [1.54, 1.807) is 9.80 Å². The molecule has 4 amide bonds. The average molecular weight is 648 g/mol. The number of carbonyl (C=O) groups is 3. The summed E-state index contributed by atoms with van der Waals surface area (Å²) in [6, 6.07) is 4.48. The molecule has 1 saturated heterocycles. The third-order valence-electron chi connectivity index (χ3n) is 8.45. The van der Waals surface area contributed by atoms with Crippen LogP contribution in [0.1, 0.15) is 52.4 Å². The van der Waals surface area contributed by atoms with E-state index in [0.717, 1.165) is 25.7 Å². The molecule has 2 aliphatic carbocycles. The summed E-state index contributed by atoms with van der Waals surface area (Å²) in [6.45, 7) is 1.82. The molecule has 6 rings (SSSR count). The number of imidazole rings is 1. The lowest BCUT2D eigenvalue weighted by atomic mass is 9.88. The average Bonchev–Trinajstić information content (AvgIpc) is 3.55. The van der Waals surface area contributed by atoms with Crippen molar-refractivity contribution in [1.82, 2.24) is 34.4 Å². The number of halogens is 4. The molecule has 1 aromatic carbocycles. The molecular formula is C29H33ClF3N9O3. The van der Waals surface area contributed by atoms with E-state index >= 15 is 0 Å². The number of aromatic nitrogens is 4. The van der Waals surface area contributed by atoms with Crippen molar-refractivity contribution in [2.24, 2.45) is 18.7 Å². The molecule has 0 spiro atoms. The van der Waals surface area contributed by atoms with Gasteiger partial charge in [0.15, 0.2) is 11.5 Å². The van der Waals surface area contributed by atoms with E-state index in [2.05, 4.69) is 20.7 Å². The summed E-state index contributed by atoms with van der Waals surface area (Å²) >= 11 is 6.44. The van der Waals surface area contributed by atoms with Crippen LogP contribution in [0.5, 0.6) is 0 Å². The van der Waals surface area contributed by atoms with Gasteiger partial charge in [0.05, 0.1) is 28.0 Å². The maximum atomic E-state index is 13.8. The number of carbonyl (C=O) groups excluding carboxylic acids is 3.